The van der Waals surface area contributed by atoms with Crippen LogP contribution in [0.5, 0.6) is 0 Å². The van der Waals surface area contributed by atoms with Gasteiger partial charge in [0.05, 0.1) is 11.1 Å². The fourth-order valence-corrected chi connectivity index (χ4v) is 2.65. The molecule has 2 aromatic heterocycles. The summed E-state index contributed by atoms with van der Waals surface area (Å²) in [6, 6.07) is 9.53. The monoisotopic (exact) mass is 285 g/mol. The van der Waals surface area contributed by atoms with E-state index in [-0.39, 0.29) is 5.84 Å². The van der Waals surface area contributed by atoms with Gasteiger partial charge in [-0.1, -0.05) is 23.4 Å². The molecular weight excluding hydrogens is 274 g/mol. The minimum atomic E-state index is 0.0253. The van der Waals surface area contributed by atoms with Gasteiger partial charge in [-0.05, 0) is 23.9 Å². The summed E-state index contributed by atoms with van der Waals surface area (Å²) >= 11 is 1.33. The van der Waals surface area contributed by atoms with Crippen molar-refractivity contribution in [3.8, 4) is 0 Å². The number of oxime groups is 1. The average molecular weight is 285 g/mol. The maximum absolute atomic E-state index is 8.91. The zero-order valence-corrected chi connectivity index (χ0v) is 11.1. The van der Waals surface area contributed by atoms with Crippen LogP contribution in [0.2, 0.25) is 0 Å². The van der Waals surface area contributed by atoms with Crippen molar-refractivity contribution < 1.29 is 5.21 Å². The molecule has 3 aromatic rings. The van der Waals surface area contributed by atoms with Crippen LogP contribution in [0.1, 0.15) is 5.56 Å². The fourth-order valence-electron chi connectivity index (χ4n) is 1.81. The third-order valence-corrected chi connectivity index (χ3v) is 3.66. The Morgan fingerprint density at radius 2 is 2.20 bits per heavy atom. The molecule has 0 fully saturated rings. The first-order chi connectivity index (χ1) is 9.78. The molecular formula is C13H11N5OS. The summed E-state index contributed by atoms with van der Waals surface area (Å²) in [6.07, 6.45) is 3.39. The van der Waals surface area contributed by atoms with E-state index in [9.17, 15) is 0 Å². The maximum atomic E-state index is 8.91. The number of aromatic nitrogens is 3. The summed E-state index contributed by atoms with van der Waals surface area (Å²) in [5.74, 6) is 0.0253. The van der Waals surface area contributed by atoms with E-state index in [2.05, 4.69) is 20.1 Å². The molecule has 0 saturated carbocycles. The number of nitrogens with two attached hydrogens (primary N) is 1. The molecule has 3 rings (SSSR count). The molecule has 0 amide bonds. The Labute approximate surface area is 118 Å². The van der Waals surface area contributed by atoms with E-state index in [1.807, 2.05) is 30.3 Å². The van der Waals surface area contributed by atoms with Crippen LogP contribution in [0.15, 0.2) is 58.1 Å². The van der Waals surface area contributed by atoms with Gasteiger partial charge in [-0.15, -0.1) is 0 Å². The second-order valence-electron chi connectivity index (χ2n) is 4.02. The lowest BCUT2D eigenvalue weighted by Crippen LogP contribution is -2.15. The van der Waals surface area contributed by atoms with Crippen molar-refractivity contribution in [1.29, 1.82) is 0 Å². The molecule has 100 valence electrons. The number of imidazole rings is 1. The molecule has 4 N–H and O–H groups in total. The fraction of sp³-hybridized carbons (Fsp3) is 0. The molecule has 0 radical (unpaired) electrons. The number of H-pyrrole nitrogens is 1. The zero-order chi connectivity index (χ0) is 13.9. The highest BCUT2D eigenvalue weighted by molar-refractivity contribution is 7.99. The van der Waals surface area contributed by atoms with Gasteiger partial charge < -0.3 is 15.9 Å². The number of nitrogens with zero attached hydrogens (tertiary/aromatic N) is 3. The molecule has 2 heterocycles. The molecule has 0 saturated heterocycles. The van der Waals surface area contributed by atoms with Crippen molar-refractivity contribution in [2.24, 2.45) is 10.9 Å². The molecule has 6 nitrogen and oxygen atoms in total. The standard InChI is InChI=1S/C13H11N5OS/c14-11(18-19)9-7-8-3-1-2-4-10(8)17-12(9)20-13-15-5-6-16-13/h1-7,19H,(H2,14,18)(H,15,16). The number of hydrogen-bond acceptors (Lipinski definition) is 5. The lowest BCUT2D eigenvalue weighted by molar-refractivity contribution is 0.318. The Bertz CT molecular complexity index is 770. The Hall–Kier alpha value is -2.54. The van der Waals surface area contributed by atoms with Gasteiger partial charge in [-0.3, -0.25) is 0 Å². The quantitative estimate of drug-likeness (QED) is 0.296. The molecule has 0 aliphatic rings. The van der Waals surface area contributed by atoms with E-state index in [0.717, 1.165) is 10.9 Å². The Morgan fingerprint density at radius 1 is 1.35 bits per heavy atom. The van der Waals surface area contributed by atoms with Crippen LogP contribution in [0, 0.1) is 0 Å². The van der Waals surface area contributed by atoms with Crippen LogP contribution in [0.3, 0.4) is 0 Å². The number of fused-ring (bicyclic) bond motifs is 1. The average Bonchev–Trinajstić information content (AvgIpc) is 2.98. The number of para-hydroxylation sites is 1. The predicted molar refractivity (Wildman–Crippen MR) is 77.0 cm³/mol. The zero-order valence-electron chi connectivity index (χ0n) is 10.3. The van der Waals surface area contributed by atoms with E-state index in [1.54, 1.807) is 12.4 Å². The summed E-state index contributed by atoms with van der Waals surface area (Å²) in [7, 11) is 0. The smallest absolute Gasteiger partial charge is 0.172 e. The lowest BCUT2D eigenvalue weighted by Gasteiger charge is -2.07. The summed E-state index contributed by atoms with van der Waals surface area (Å²) in [5.41, 5.74) is 7.15. The Morgan fingerprint density at radius 3 is 2.95 bits per heavy atom. The van der Waals surface area contributed by atoms with Gasteiger partial charge in [0.1, 0.15) is 5.03 Å². The number of nitrogens with one attached hydrogen (secondary N) is 1. The number of rotatable bonds is 3. The second kappa shape index (κ2) is 5.22. The van der Waals surface area contributed by atoms with Gasteiger partial charge in [0.15, 0.2) is 11.0 Å². The molecule has 7 heteroatoms. The number of aromatic amines is 1. The normalized spacial score (nSPS) is 11.9. The second-order valence-corrected chi connectivity index (χ2v) is 4.99. The van der Waals surface area contributed by atoms with E-state index < -0.39 is 0 Å². The largest absolute Gasteiger partial charge is 0.409 e. The number of pyridine rings is 1. The molecule has 20 heavy (non-hydrogen) atoms. The molecule has 0 spiro atoms. The highest BCUT2D eigenvalue weighted by atomic mass is 32.2. The van der Waals surface area contributed by atoms with Crippen LogP contribution in [-0.4, -0.2) is 26.0 Å². The maximum Gasteiger partial charge on any atom is 0.172 e. The highest BCUT2D eigenvalue weighted by Gasteiger charge is 2.13. The summed E-state index contributed by atoms with van der Waals surface area (Å²) in [5, 5.41) is 14.2. The van der Waals surface area contributed by atoms with Crippen LogP contribution < -0.4 is 5.73 Å². The van der Waals surface area contributed by atoms with E-state index in [4.69, 9.17) is 10.9 Å². The molecule has 0 bridgehead atoms. The molecule has 0 unspecified atom stereocenters. The lowest BCUT2D eigenvalue weighted by atomic mass is 10.1. The van der Waals surface area contributed by atoms with Gasteiger partial charge in [0.2, 0.25) is 0 Å². The van der Waals surface area contributed by atoms with Crippen LogP contribution in [0.4, 0.5) is 0 Å². The van der Waals surface area contributed by atoms with Crippen LogP contribution in [0.25, 0.3) is 10.9 Å². The first-order valence-corrected chi connectivity index (χ1v) is 6.64. The Balaban J connectivity index is 2.16. The van der Waals surface area contributed by atoms with Gasteiger partial charge in [0.25, 0.3) is 0 Å². The van der Waals surface area contributed by atoms with E-state index in [0.29, 0.717) is 15.7 Å². The number of benzene rings is 1. The first kappa shape index (κ1) is 12.5. The van der Waals surface area contributed by atoms with E-state index >= 15 is 0 Å². The molecule has 0 aliphatic carbocycles. The predicted octanol–water partition coefficient (Wildman–Crippen LogP) is 2.20. The van der Waals surface area contributed by atoms with Crippen molar-refractivity contribution in [2.45, 2.75) is 10.2 Å². The minimum absolute atomic E-state index is 0.0253. The first-order valence-electron chi connectivity index (χ1n) is 5.83. The number of amidine groups is 1. The Kier molecular flexibility index (Phi) is 3.26. The van der Waals surface area contributed by atoms with E-state index in [1.165, 1.54) is 11.8 Å². The van der Waals surface area contributed by atoms with Crippen molar-refractivity contribution >= 4 is 28.5 Å². The van der Waals surface area contributed by atoms with Gasteiger partial charge in [0, 0.05) is 17.8 Å². The third-order valence-electron chi connectivity index (χ3n) is 2.74. The van der Waals surface area contributed by atoms with Crippen molar-refractivity contribution in [3.05, 3.63) is 48.3 Å². The van der Waals surface area contributed by atoms with Crippen molar-refractivity contribution in [1.82, 2.24) is 15.0 Å². The third kappa shape index (κ3) is 2.30. The molecule has 1 aromatic carbocycles. The highest BCUT2D eigenvalue weighted by Crippen LogP contribution is 2.28. The minimum Gasteiger partial charge on any atom is -0.409 e. The number of hydrogen-bond donors (Lipinski definition) is 3. The summed E-state index contributed by atoms with van der Waals surface area (Å²) < 4.78 is 0. The molecule has 0 aliphatic heterocycles. The summed E-state index contributed by atoms with van der Waals surface area (Å²) in [4.78, 5) is 11.7. The van der Waals surface area contributed by atoms with Crippen molar-refractivity contribution in [2.75, 3.05) is 0 Å². The summed E-state index contributed by atoms with van der Waals surface area (Å²) in [6.45, 7) is 0. The van der Waals surface area contributed by atoms with Crippen LogP contribution in [-0.2, 0) is 0 Å². The van der Waals surface area contributed by atoms with Gasteiger partial charge in [-0.25, -0.2) is 9.97 Å². The topological polar surface area (TPSA) is 100 Å². The van der Waals surface area contributed by atoms with Gasteiger partial charge >= 0.3 is 0 Å². The van der Waals surface area contributed by atoms with Gasteiger partial charge in [-0.2, -0.15) is 0 Å². The van der Waals surface area contributed by atoms with Crippen LogP contribution >= 0.6 is 11.8 Å². The van der Waals surface area contributed by atoms with Crippen molar-refractivity contribution in [3.63, 3.8) is 0 Å². The SMILES string of the molecule is N/C(=N/O)c1cc2ccccc2nc1Sc1ncc[nH]1. The molecule has 0 atom stereocenters.